The van der Waals surface area contributed by atoms with E-state index in [2.05, 4.69) is 12.1 Å². The van der Waals surface area contributed by atoms with Gasteiger partial charge in [0.1, 0.15) is 5.75 Å². The van der Waals surface area contributed by atoms with Crippen LogP contribution in [0.1, 0.15) is 17.5 Å². The highest BCUT2D eigenvalue weighted by molar-refractivity contribution is 5.75. The summed E-state index contributed by atoms with van der Waals surface area (Å²) in [5, 5.41) is 0. The number of rotatable bonds is 6. The van der Waals surface area contributed by atoms with E-state index < -0.39 is 0 Å². The summed E-state index contributed by atoms with van der Waals surface area (Å²) in [6.07, 6.45) is 3.83. The van der Waals surface area contributed by atoms with Gasteiger partial charge in [0.05, 0.1) is 6.61 Å². The summed E-state index contributed by atoms with van der Waals surface area (Å²) in [4.78, 5) is 10.4. The molecule has 2 aromatic rings. The normalized spacial score (nSPS) is 10.0. The summed E-state index contributed by atoms with van der Waals surface area (Å²) in [6, 6.07) is 17.4. The van der Waals surface area contributed by atoms with Crippen LogP contribution in [0.4, 0.5) is 0 Å². The van der Waals surface area contributed by atoms with Gasteiger partial charge < -0.3 is 4.74 Å². The highest BCUT2D eigenvalue weighted by atomic mass is 16.5. The molecule has 2 rings (SSSR count). The predicted molar refractivity (Wildman–Crippen MR) is 71.5 cm³/mol. The van der Waals surface area contributed by atoms with Gasteiger partial charge in [-0.2, -0.15) is 0 Å². The summed E-state index contributed by atoms with van der Waals surface area (Å²) >= 11 is 0. The summed E-state index contributed by atoms with van der Waals surface area (Å²) in [7, 11) is 0. The molecule has 18 heavy (non-hydrogen) atoms. The van der Waals surface area contributed by atoms with Crippen molar-refractivity contribution < 1.29 is 9.53 Å². The van der Waals surface area contributed by atoms with Gasteiger partial charge in [0.15, 0.2) is 0 Å². The largest absolute Gasteiger partial charge is 0.494 e. The quantitative estimate of drug-likeness (QED) is 0.724. The zero-order valence-corrected chi connectivity index (χ0v) is 10.1. The maximum atomic E-state index is 10.4. The fourth-order valence-electron chi connectivity index (χ4n) is 1.73. The molecule has 0 aliphatic carbocycles. The highest BCUT2D eigenvalue weighted by Crippen LogP contribution is 2.11. The number of benzene rings is 2. The highest BCUT2D eigenvalue weighted by Gasteiger charge is 1.96. The number of carbonyl (C=O) groups excluding carboxylic acids is 1. The number of aryl methyl sites for hydroxylation is 1. The van der Waals surface area contributed by atoms with Crippen LogP contribution in [0.15, 0.2) is 54.6 Å². The Morgan fingerprint density at radius 3 is 2.33 bits per heavy atom. The van der Waals surface area contributed by atoms with Gasteiger partial charge in [-0.05, 0) is 42.7 Å². The number of hydrogen-bond donors (Lipinski definition) is 0. The minimum atomic E-state index is 0.548. The van der Waals surface area contributed by atoms with E-state index in [-0.39, 0.29) is 0 Å². The first-order chi connectivity index (χ1) is 8.88. The lowest BCUT2D eigenvalue weighted by Crippen LogP contribution is -1.99. The molecule has 0 atom stereocenters. The molecule has 0 unspecified atom stereocenters. The third-order valence-corrected chi connectivity index (χ3v) is 2.69. The van der Waals surface area contributed by atoms with Crippen molar-refractivity contribution in [3.05, 3.63) is 65.7 Å². The molecule has 0 heterocycles. The van der Waals surface area contributed by atoms with Crippen molar-refractivity contribution in [2.45, 2.75) is 12.8 Å². The molecule has 91 valence electrons. The molecular weight excluding hydrogens is 224 g/mol. The van der Waals surface area contributed by atoms with E-state index in [1.165, 1.54) is 5.56 Å². The second kappa shape index (κ2) is 6.60. The molecule has 0 saturated heterocycles. The molecule has 0 aromatic heterocycles. The lowest BCUT2D eigenvalue weighted by molar-refractivity contribution is 0.311. The Morgan fingerprint density at radius 1 is 0.944 bits per heavy atom. The van der Waals surface area contributed by atoms with Gasteiger partial charge in [-0.25, -0.2) is 0 Å². The van der Waals surface area contributed by atoms with E-state index in [1.807, 2.05) is 24.5 Å². The van der Waals surface area contributed by atoms with Crippen LogP contribution >= 0.6 is 0 Å². The van der Waals surface area contributed by atoms with Crippen molar-refractivity contribution in [2.75, 3.05) is 6.61 Å². The average Bonchev–Trinajstić information content (AvgIpc) is 2.45. The van der Waals surface area contributed by atoms with E-state index in [1.54, 1.807) is 24.3 Å². The fourth-order valence-corrected chi connectivity index (χ4v) is 1.73. The van der Waals surface area contributed by atoms with Crippen LogP contribution in [0.2, 0.25) is 0 Å². The van der Waals surface area contributed by atoms with Crippen molar-refractivity contribution in [3.63, 3.8) is 0 Å². The van der Waals surface area contributed by atoms with Crippen LogP contribution in [0.3, 0.4) is 0 Å². The van der Waals surface area contributed by atoms with Crippen molar-refractivity contribution in [2.24, 2.45) is 0 Å². The molecule has 1 radical (unpaired) electrons. The van der Waals surface area contributed by atoms with Gasteiger partial charge in [0.2, 0.25) is 6.29 Å². The number of hydrogen-bond acceptors (Lipinski definition) is 2. The van der Waals surface area contributed by atoms with Crippen LogP contribution in [-0.4, -0.2) is 12.9 Å². The zero-order chi connectivity index (χ0) is 12.6. The molecular formula is C16H15O2. The first-order valence-corrected chi connectivity index (χ1v) is 6.03. The second-order valence-electron chi connectivity index (χ2n) is 4.06. The lowest BCUT2D eigenvalue weighted by Gasteiger charge is -2.06. The molecule has 0 aliphatic heterocycles. The van der Waals surface area contributed by atoms with Gasteiger partial charge in [-0.1, -0.05) is 30.3 Å². The fraction of sp³-hybridized carbons (Fsp3) is 0.188. The monoisotopic (exact) mass is 239 g/mol. The average molecular weight is 239 g/mol. The van der Waals surface area contributed by atoms with Crippen molar-refractivity contribution in [1.82, 2.24) is 0 Å². The smallest absolute Gasteiger partial charge is 0.233 e. The summed E-state index contributed by atoms with van der Waals surface area (Å²) < 4.78 is 5.60. The van der Waals surface area contributed by atoms with Gasteiger partial charge in [-0.15, -0.1) is 0 Å². The Bertz CT molecular complexity index is 474. The molecule has 0 N–H and O–H groups in total. The SMILES string of the molecule is O=[C]c1ccc(OCCCc2ccccc2)cc1. The zero-order valence-electron chi connectivity index (χ0n) is 10.1. The number of ether oxygens (including phenoxy) is 1. The molecule has 0 spiro atoms. The molecule has 0 amide bonds. The first-order valence-electron chi connectivity index (χ1n) is 6.03. The van der Waals surface area contributed by atoms with Gasteiger partial charge in [-0.3, -0.25) is 4.79 Å². The second-order valence-corrected chi connectivity index (χ2v) is 4.06. The lowest BCUT2D eigenvalue weighted by atomic mass is 10.1. The Balaban J connectivity index is 1.73. The minimum absolute atomic E-state index is 0.548. The van der Waals surface area contributed by atoms with E-state index in [4.69, 9.17) is 4.74 Å². The van der Waals surface area contributed by atoms with Crippen molar-refractivity contribution >= 4 is 6.29 Å². The summed E-state index contributed by atoms with van der Waals surface area (Å²) in [6.45, 7) is 0.680. The van der Waals surface area contributed by atoms with Gasteiger partial charge >= 0.3 is 0 Å². The third kappa shape index (κ3) is 3.74. The first kappa shape index (κ1) is 12.4. The van der Waals surface area contributed by atoms with Crippen LogP contribution in [0, 0.1) is 0 Å². The predicted octanol–water partition coefficient (Wildman–Crippen LogP) is 3.16. The Morgan fingerprint density at radius 2 is 1.67 bits per heavy atom. The summed E-state index contributed by atoms with van der Waals surface area (Å²) in [5.74, 6) is 0.794. The molecule has 0 saturated carbocycles. The van der Waals surface area contributed by atoms with Crippen LogP contribution < -0.4 is 4.74 Å². The third-order valence-electron chi connectivity index (χ3n) is 2.69. The minimum Gasteiger partial charge on any atom is -0.494 e. The maximum absolute atomic E-state index is 10.4. The molecule has 0 bridgehead atoms. The standard InChI is InChI=1S/C16H15O2/c17-13-15-8-10-16(11-9-15)18-12-4-7-14-5-2-1-3-6-14/h1-3,5-6,8-11H,4,7,12H2. The molecule has 0 fully saturated rings. The van der Waals surface area contributed by atoms with Gasteiger partial charge in [0.25, 0.3) is 0 Å². The van der Waals surface area contributed by atoms with Crippen LogP contribution in [0.5, 0.6) is 5.75 Å². The van der Waals surface area contributed by atoms with Crippen molar-refractivity contribution in [3.8, 4) is 5.75 Å². The van der Waals surface area contributed by atoms with Crippen LogP contribution in [0.25, 0.3) is 0 Å². The Kier molecular flexibility index (Phi) is 4.53. The van der Waals surface area contributed by atoms with Crippen LogP contribution in [-0.2, 0) is 11.2 Å². The molecule has 0 aliphatic rings. The van der Waals surface area contributed by atoms with E-state index in [0.29, 0.717) is 12.2 Å². The van der Waals surface area contributed by atoms with E-state index in [9.17, 15) is 4.79 Å². The summed E-state index contributed by atoms with van der Waals surface area (Å²) in [5.41, 5.74) is 1.87. The molecule has 2 nitrogen and oxygen atoms in total. The van der Waals surface area contributed by atoms with E-state index in [0.717, 1.165) is 18.6 Å². The molecule has 2 aromatic carbocycles. The van der Waals surface area contributed by atoms with E-state index >= 15 is 0 Å². The Labute approximate surface area is 107 Å². The van der Waals surface area contributed by atoms with Crippen molar-refractivity contribution in [1.29, 1.82) is 0 Å². The maximum Gasteiger partial charge on any atom is 0.233 e. The van der Waals surface area contributed by atoms with Gasteiger partial charge in [0, 0.05) is 5.56 Å². The Hall–Kier alpha value is -2.09. The topological polar surface area (TPSA) is 26.3 Å². The molecule has 2 heteroatoms.